The molecule has 2 rings (SSSR count). The zero-order chi connectivity index (χ0) is 10.2. The molecule has 0 aromatic carbocycles. The zero-order valence-electron chi connectivity index (χ0n) is 7.09. The van der Waals surface area contributed by atoms with Crippen LogP contribution in [0.2, 0.25) is 0 Å². The molecule has 1 unspecified atom stereocenters. The Balaban J connectivity index is 2.35. The molecule has 0 radical (unpaired) electrons. The molecule has 1 aliphatic heterocycles. The maximum atomic E-state index is 6.07. The molecule has 1 heterocycles. The molecule has 4 nitrogen and oxygen atoms in total. The quantitative estimate of drug-likeness (QED) is 0.272. The van der Waals surface area contributed by atoms with Crippen LogP contribution in [0.15, 0.2) is 40.3 Å². The number of alkyl halides is 1. The van der Waals surface area contributed by atoms with Gasteiger partial charge in [0.15, 0.2) is 0 Å². The maximum absolute atomic E-state index is 6.07. The first-order chi connectivity index (χ1) is 6.63. The van der Waals surface area contributed by atoms with E-state index in [-0.39, 0.29) is 0 Å². The van der Waals surface area contributed by atoms with E-state index in [9.17, 15) is 0 Å². The Kier molecular flexibility index (Phi) is 2.36. The van der Waals surface area contributed by atoms with Gasteiger partial charge in [-0.2, -0.15) is 0 Å². The van der Waals surface area contributed by atoms with E-state index in [1.54, 1.807) is 24.4 Å². The van der Waals surface area contributed by atoms with E-state index >= 15 is 0 Å². The summed E-state index contributed by atoms with van der Waals surface area (Å²) < 4.78 is 0. The van der Waals surface area contributed by atoms with E-state index in [2.05, 4.69) is 15.7 Å². The van der Waals surface area contributed by atoms with Crippen LogP contribution in [0.1, 0.15) is 0 Å². The number of hydrogen-bond acceptors (Lipinski definition) is 4. The van der Waals surface area contributed by atoms with Crippen LogP contribution in [0.4, 0.5) is 0 Å². The van der Waals surface area contributed by atoms with Gasteiger partial charge in [0.05, 0.1) is 11.4 Å². The number of rotatable bonds is 1. The summed E-state index contributed by atoms with van der Waals surface area (Å²) in [7, 11) is 0. The van der Waals surface area contributed by atoms with Crippen LogP contribution >= 0.6 is 23.2 Å². The molecule has 14 heavy (non-hydrogen) atoms. The summed E-state index contributed by atoms with van der Waals surface area (Å²) in [5.41, 5.74) is 4.00. The van der Waals surface area contributed by atoms with Crippen molar-refractivity contribution < 1.29 is 0 Å². The zero-order valence-corrected chi connectivity index (χ0v) is 8.60. The number of hydrazine groups is 1. The Morgan fingerprint density at radius 2 is 2.36 bits per heavy atom. The van der Waals surface area contributed by atoms with E-state index in [1.165, 1.54) is 0 Å². The summed E-state index contributed by atoms with van der Waals surface area (Å²) in [6, 6.07) is 0. The highest BCUT2D eigenvalue weighted by Gasteiger charge is 2.26. The second-order valence-electron chi connectivity index (χ2n) is 2.91. The first kappa shape index (κ1) is 9.73. The average Bonchev–Trinajstić information content (AvgIpc) is 2.19. The average molecular weight is 231 g/mol. The van der Waals surface area contributed by atoms with Crippen LogP contribution in [-0.2, 0) is 0 Å². The van der Waals surface area contributed by atoms with Gasteiger partial charge in [-0.25, -0.2) is 10.4 Å². The van der Waals surface area contributed by atoms with Gasteiger partial charge in [0.25, 0.3) is 0 Å². The molecule has 0 aromatic rings. The van der Waals surface area contributed by atoms with Crippen molar-refractivity contribution in [1.29, 1.82) is 0 Å². The fourth-order valence-corrected chi connectivity index (χ4v) is 1.53. The largest absolute Gasteiger partial charge is 0.357 e. The van der Waals surface area contributed by atoms with Gasteiger partial charge in [-0.15, -0.1) is 0 Å². The van der Waals surface area contributed by atoms with Crippen molar-refractivity contribution in [1.82, 2.24) is 10.7 Å². The van der Waals surface area contributed by atoms with Gasteiger partial charge >= 0.3 is 0 Å². The third-order valence-electron chi connectivity index (χ3n) is 1.91. The SMILES string of the molecule is NNC1(Cl)C=CC2=NC(Cl)=CNC2=C1. The number of hydrogen-bond donors (Lipinski definition) is 3. The van der Waals surface area contributed by atoms with Crippen molar-refractivity contribution in [2.75, 3.05) is 0 Å². The number of nitrogens with one attached hydrogen (secondary N) is 2. The number of nitrogens with zero attached hydrogens (tertiary/aromatic N) is 1. The van der Waals surface area contributed by atoms with Crippen molar-refractivity contribution in [2.24, 2.45) is 10.8 Å². The Morgan fingerprint density at radius 1 is 1.57 bits per heavy atom. The molecular weight excluding hydrogens is 223 g/mol. The second kappa shape index (κ2) is 3.40. The number of allylic oxidation sites excluding steroid dienone is 1. The summed E-state index contributed by atoms with van der Waals surface area (Å²) in [4.78, 5) is 3.24. The lowest BCUT2D eigenvalue weighted by Crippen LogP contribution is -2.44. The van der Waals surface area contributed by atoms with Crippen molar-refractivity contribution in [3.8, 4) is 0 Å². The van der Waals surface area contributed by atoms with Crippen molar-refractivity contribution in [3.05, 3.63) is 35.3 Å². The summed E-state index contributed by atoms with van der Waals surface area (Å²) in [6.07, 6.45) is 6.77. The van der Waals surface area contributed by atoms with Crippen LogP contribution in [-0.4, -0.2) is 10.7 Å². The molecule has 0 saturated heterocycles. The Labute approximate surface area is 91.1 Å². The minimum absolute atomic E-state index is 0.407. The Bertz CT molecular complexity index is 383. The third kappa shape index (κ3) is 1.69. The first-order valence-electron chi connectivity index (χ1n) is 3.93. The number of halogens is 2. The van der Waals surface area contributed by atoms with Gasteiger partial charge in [-0.05, 0) is 18.2 Å². The highest BCUT2D eigenvalue weighted by molar-refractivity contribution is 6.32. The van der Waals surface area contributed by atoms with E-state index in [4.69, 9.17) is 29.0 Å². The molecule has 1 atom stereocenters. The van der Waals surface area contributed by atoms with Gasteiger partial charge in [0.1, 0.15) is 10.2 Å². The second-order valence-corrected chi connectivity index (χ2v) is 3.92. The third-order valence-corrected chi connectivity index (χ3v) is 2.45. The van der Waals surface area contributed by atoms with Crippen LogP contribution < -0.4 is 16.6 Å². The fraction of sp³-hybridized carbons (Fsp3) is 0.125. The van der Waals surface area contributed by atoms with E-state index in [0.29, 0.717) is 5.16 Å². The molecule has 74 valence electrons. The molecular formula is C8H8Cl2N4. The number of aliphatic imine (C=N–C) groups is 1. The van der Waals surface area contributed by atoms with Crippen LogP contribution in [0.5, 0.6) is 0 Å². The van der Waals surface area contributed by atoms with Gasteiger partial charge in [0.2, 0.25) is 0 Å². The standard InChI is InChI=1S/C8H8Cl2N4/c9-7-4-12-6-3-8(10,14-11)2-1-5(6)13-7/h1-4,12,14H,11H2. The molecule has 2 aliphatic rings. The van der Waals surface area contributed by atoms with Gasteiger partial charge < -0.3 is 5.32 Å². The van der Waals surface area contributed by atoms with Crippen molar-refractivity contribution >= 4 is 28.9 Å². The number of nitrogens with two attached hydrogens (primary N) is 1. The monoisotopic (exact) mass is 230 g/mol. The molecule has 1 aliphatic carbocycles. The molecule has 0 aromatic heterocycles. The van der Waals surface area contributed by atoms with E-state index < -0.39 is 5.00 Å². The number of fused-ring (bicyclic) bond motifs is 1. The van der Waals surface area contributed by atoms with Crippen LogP contribution in [0, 0.1) is 0 Å². The topological polar surface area (TPSA) is 62.4 Å². The lowest BCUT2D eigenvalue weighted by molar-refractivity contribution is 0.653. The molecule has 4 N–H and O–H groups in total. The van der Waals surface area contributed by atoms with Gasteiger partial charge in [0, 0.05) is 6.20 Å². The highest BCUT2D eigenvalue weighted by atomic mass is 35.5. The molecule has 0 fully saturated rings. The van der Waals surface area contributed by atoms with Crippen LogP contribution in [0.3, 0.4) is 0 Å². The van der Waals surface area contributed by atoms with E-state index in [0.717, 1.165) is 11.4 Å². The minimum Gasteiger partial charge on any atom is -0.357 e. The summed E-state index contributed by atoms with van der Waals surface area (Å²) in [5, 5.41) is 3.37. The van der Waals surface area contributed by atoms with Gasteiger partial charge in [-0.3, -0.25) is 5.84 Å². The normalized spacial score (nSPS) is 29.8. The predicted molar refractivity (Wildman–Crippen MR) is 57.6 cm³/mol. The molecule has 0 saturated carbocycles. The maximum Gasteiger partial charge on any atom is 0.146 e. The first-order valence-corrected chi connectivity index (χ1v) is 4.69. The Hall–Kier alpha value is -0.810. The van der Waals surface area contributed by atoms with Crippen molar-refractivity contribution in [2.45, 2.75) is 5.00 Å². The summed E-state index contributed by atoms with van der Waals surface area (Å²) in [6.45, 7) is 0. The van der Waals surface area contributed by atoms with Crippen LogP contribution in [0.25, 0.3) is 0 Å². The molecule has 6 heteroatoms. The summed E-state index contributed by atoms with van der Waals surface area (Å²) in [5.74, 6) is 5.30. The fourth-order valence-electron chi connectivity index (χ4n) is 1.21. The Morgan fingerprint density at radius 3 is 3.07 bits per heavy atom. The molecule has 0 spiro atoms. The highest BCUT2D eigenvalue weighted by Crippen LogP contribution is 2.24. The lowest BCUT2D eigenvalue weighted by Gasteiger charge is -2.25. The minimum atomic E-state index is -0.862. The lowest BCUT2D eigenvalue weighted by atomic mass is 10.1. The smallest absolute Gasteiger partial charge is 0.146 e. The van der Waals surface area contributed by atoms with Crippen molar-refractivity contribution in [3.63, 3.8) is 0 Å². The molecule has 0 amide bonds. The van der Waals surface area contributed by atoms with E-state index in [1.807, 2.05) is 0 Å². The summed E-state index contributed by atoms with van der Waals surface area (Å²) >= 11 is 11.8. The van der Waals surface area contributed by atoms with Gasteiger partial charge in [-0.1, -0.05) is 23.2 Å². The predicted octanol–water partition coefficient (Wildman–Crippen LogP) is 0.920. The molecule has 0 bridgehead atoms.